The fraction of sp³-hybridized carbons (Fsp3) is 0.667. The number of rotatable bonds is 6. The van der Waals surface area contributed by atoms with E-state index in [1.54, 1.807) is 13.1 Å². The van der Waals surface area contributed by atoms with Gasteiger partial charge in [0.05, 0.1) is 10.6 Å². The summed E-state index contributed by atoms with van der Waals surface area (Å²) in [5, 5.41) is 14.6. The molecule has 0 saturated carbocycles. The van der Waals surface area contributed by atoms with Gasteiger partial charge in [-0.25, -0.2) is 0 Å². The molecule has 0 bridgehead atoms. The van der Waals surface area contributed by atoms with Crippen molar-refractivity contribution in [1.82, 2.24) is 15.2 Å². The standard InChI is InChI=1S/C15H24N4O2/c1-4-7-18(13-5-6-16-9-13)10-14-12(3)15(19(20)21)11(2)8-17-14/h8,13,16H,4-7,9-10H2,1-3H3. The molecule has 0 aliphatic carbocycles. The molecular weight excluding hydrogens is 268 g/mol. The van der Waals surface area contributed by atoms with Crippen molar-refractivity contribution >= 4 is 5.69 Å². The minimum absolute atomic E-state index is 0.209. The van der Waals surface area contributed by atoms with Gasteiger partial charge in [0.2, 0.25) is 0 Å². The highest BCUT2D eigenvalue weighted by molar-refractivity contribution is 5.47. The van der Waals surface area contributed by atoms with Crippen molar-refractivity contribution in [3.05, 3.63) is 33.1 Å². The van der Waals surface area contributed by atoms with Crippen LogP contribution in [0.25, 0.3) is 0 Å². The highest BCUT2D eigenvalue weighted by atomic mass is 16.6. The molecule has 1 aromatic rings. The van der Waals surface area contributed by atoms with Crippen LogP contribution in [-0.4, -0.2) is 40.5 Å². The van der Waals surface area contributed by atoms with Gasteiger partial charge in [0.1, 0.15) is 0 Å². The Labute approximate surface area is 125 Å². The number of aromatic nitrogens is 1. The molecular formula is C15H24N4O2. The molecule has 1 unspecified atom stereocenters. The average molecular weight is 292 g/mol. The van der Waals surface area contributed by atoms with Crippen LogP contribution in [0.3, 0.4) is 0 Å². The number of hydrogen-bond donors (Lipinski definition) is 1. The van der Waals surface area contributed by atoms with Crippen molar-refractivity contribution < 1.29 is 4.92 Å². The van der Waals surface area contributed by atoms with E-state index in [4.69, 9.17) is 0 Å². The van der Waals surface area contributed by atoms with Gasteiger partial charge in [-0.1, -0.05) is 6.92 Å². The fourth-order valence-electron chi connectivity index (χ4n) is 3.03. The number of pyridine rings is 1. The van der Waals surface area contributed by atoms with Crippen molar-refractivity contribution in [2.75, 3.05) is 19.6 Å². The lowest BCUT2D eigenvalue weighted by atomic mass is 10.1. The fourth-order valence-corrected chi connectivity index (χ4v) is 3.03. The largest absolute Gasteiger partial charge is 0.315 e. The first kappa shape index (κ1) is 15.9. The average Bonchev–Trinajstić information content (AvgIpc) is 2.94. The molecule has 1 aromatic heterocycles. The molecule has 1 saturated heterocycles. The molecule has 0 spiro atoms. The SMILES string of the molecule is CCCN(Cc1ncc(C)c([N+](=O)[O-])c1C)C1CCNC1. The summed E-state index contributed by atoms with van der Waals surface area (Å²) < 4.78 is 0. The Morgan fingerprint density at radius 2 is 2.29 bits per heavy atom. The number of hydrogen-bond acceptors (Lipinski definition) is 5. The molecule has 2 rings (SSSR count). The maximum Gasteiger partial charge on any atom is 0.278 e. The van der Waals surface area contributed by atoms with E-state index in [9.17, 15) is 10.1 Å². The summed E-state index contributed by atoms with van der Waals surface area (Å²) in [5.74, 6) is 0. The third kappa shape index (κ3) is 3.57. The van der Waals surface area contributed by atoms with E-state index in [0.29, 0.717) is 23.7 Å². The zero-order valence-corrected chi connectivity index (χ0v) is 13.1. The summed E-state index contributed by atoms with van der Waals surface area (Å²) in [6, 6.07) is 0.506. The molecule has 1 aliphatic rings. The Morgan fingerprint density at radius 3 is 2.86 bits per heavy atom. The number of nitro groups is 1. The zero-order chi connectivity index (χ0) is 15.4. The van der Waals surface area contributed by atoms with E-state index < -0.39 is 0 Å². The van der Waals surface area contributed by atoms with Crippen molar-refractivity contribution in [2.24, 2.45) is 0 Å². The van der Waals surface area contributed by atoms with Gasteiger partial charge >= 0.3 is 0 Å². The highest BCUT2D eigenvalue weighted by Gasteiger charge is 2.25. The molecule has 21 heavy (non-hydrogen) atoms. The summed E-state index contributed by atoms with van der Waals surface area (Å²) in [6.07, 6.45) is 3.83. The van der Waals surface area contributed by atoms with E-state index in [1.165, 1.54) is 0 Å². The quantitative estimate of drug-likeness (QED) is 0.643. The molecule has 1 aliphatic heterocycles. The van der Waals surface area contributed by atoms with Crippen molar-refractivity contribution in [3.63, 3.8) is 0 Å². The van der Waals surface area contributed by atoms with Gasteiger partial charge < -0.3 is 5.32 Å². The minimum atomic E-state index is -0.295. The molecule has 0 amide bonds. The topological polar surface area (TPSA) is 71.3 Å². The van der Waals surface area contributed by atoms with Gasteiger partial charge in [-0.05, 0) is 39.8 Å². The maximum atomic E-state index is 11.2. The monoisotopic (exact) mass is 292 g/mol. The van der Waals surface area contributed by atoms with Crippen LogP contribution in [0.15, 0.2) is 6.20 Å². The molecule has 6 heteroatoms. The minimum Gasteiger partial charge on any atom is -0.315 e. The molecule has 6 nitrogen and oxygen atoms in total. The molecule has 116 valence electrons. The van der Waals surface area contributed by atoms with Crippen molar-refractivity contribution in [2.45, 2.75) is 46.2 Å². The van der Waals surface area contributed by atoms with Crippen molar-refractivity contribution in [3.8, 4) is 0 Å². The number of aryl methyl sites for hydroxylation is 1. The zero-order valence-electron chi connectivity index (χ0n) is 13.1. The summed E-state index contributed by atoms with van der Waals surface area (Å²) in [4.78, 5) is 17.8. The molecule has 0 aromatic carbocycles. The van der Waals surface area contributed by atoms with Gasteiger partial charge in [-0.3, -0.25) is 20.0 Å². The smallest absolute Gasteiger partial charge is 0.278 e. The lowest BCUT2D eigenvalue weighted by Gasteiger charge is -2.28. The molecule has 1 N–H and O–H groups in total. The molecule has 0 radical (unpaired) electrons. The van der Waals surface area contributed by atoms with Crippen LogP contribution in [0.2, 0.25) is 0 Å². The van der Waals surface area contributed by atoms with Crippen LogP contribution in [0, 0.1) is 24.0 Å². The Kier molecular flexibility index (Phi) is 5.25. The Hall–Kier alpha value is -1.53. The first-order valence-electron chi connectivity index (χ1n) is 7.58. The molecule has 1 atom stereocenters. The lowest BCUT2D eigenvalue weighted by molar-refractivity contribution is -0.386. The Morgan fingerprint density at radius 1 is 1.52 bits per heavy atom. The van der Waals surface area contributed by atoms with E-state index >= 15 is 0 Å². The van der Waals surface area contributed by atoms with Crippen molar-refractivity contribution in [1.29, 1.82) is 0 Å². The Bertz CT molecular complexity index is 513. The van der Waals surface area contributed by atoms with Crippen LogP contribution in [0.1, 0.15) is 36.6 Å². The third-order valence-electron chi connectivity index (χ3n) is 4.17. The second kappa shape index (κ2) is 6.95. The first-order chi connectivity index (χ1) is 10.0. The summed E-state index contributed by atoms with van der Waals surface area (Å²) >= 11 is 0. The summed E-state index contributed by atoms with van der Waals surface area (Å²) in [7, 11) is 0. The van der Waals surface area contributed by atoms with Crippen LogP contribution in [0.4, 0.5) is 5.69 Å². The van der Waals surface area contributed by atoms with Crippen LogP contribution in [-0.2, 0) is 6.54 Å². The van der Waals surface area contributed by atoms with Crippen LogP contribution < -0.4 is 5.32 Å². The number of nitrogens with one attached hydrogen (secondary N) is 1. The van der Waals surface area contributed by atoms with Gasteiger partial charge in [0, 0.05) is 36.5 Å². The second-order valence-corrected chi connectivity index (χ2v) is 5.74. The van der Waals surface area contributed by atoms with E-state index in [0.717, 1.165) is 38.2 Å². The van der Waals surface area contributed by atoms with Gasteiger partial charge in [0.15, 0.2) is 0 Å². The van der Waals surface area contributed by atoms with Crippen LogP contribution >= 0.6 is 0 Å². The Balaban J connectivity index is 2.24. The maximum absolute atomic E-state index is 11.2. The van der Waals surface area contributed by atoms with Gasteiger partial charge in [0.25, 0.3) is 5.69 Å². The first-order valence-corrected chi connectivity index (χ1v) is 7.58. The summed E-state index contributed by atoms with van der Waals surface area (Å²) in [5.41, 5.74) is 2.37. The normalized spacial score (nSPS) is 18.4. The predicted octanol–water partition coefficient (Wildman–Crippen LogP) is 2.18. The molecule has 1 fully saturated rings. The highest BCUT2D eigenvalue weighted by Crippen LogP contribution is 2.25. The van der Waals surface area contributed by atoms with E-state index in [-0.39, 0.29) is 10.6 Å². The van der Waals surface area contributed by atoms with Gasteiger partial charge in [-0.15, -0.1) is 0 Å². The van der Waals surface area contributed by atoms with E-state index in [1.807, 2.05) is 6.92 Å². The predicted molar refractivity (Wildman–Crippen MR) is 82.3 cm³/mol. The van der Waals surface area contributed by atoms with Crippen LogP contribution in [0.5, 0.6) is 0 Å². The third-order valence-corrected chi connectivity index (χ3v) is 4.17. The second-order valence-electron chi connectivity index (χ2n) is 5.74. The van der Waals surface area contributed by atoms with E-state index in [2.05, 4.69) is 22.1 Å². The lowest BCUT2D eigenvalue weighted by Crippen LogP contribution is -2.37. The summed E-state index contributed by atoms with van der Waals surface area (Å²) in [6.45, 7) is 9.44. The van der Waals surface area contributed by atoms with Gasteiger partial charge in [-0.2, -0.15) is 0 Å². The number of nitrogens with zero attached hydrogens (tertiary/aromatic N) is 3. The molecule has 2 heterocycles.